The summed E-state index contributed by atoms with van der Waals surface area (Å²) < 4.78 is 16.2. The maximum absolute atomic E-state index is 12.4. The second-order valence-electron chi connectivity index (χ2n) is 6.96. The molecule has 0 aliphatic rings. The van der Waals surface area contributed by atoms with Crippen LogP contribution in [0.5, 0.6) is 17.2 Å². The molecule has 5 heteroatoms. The molecule has 0 spiro atoms. The van der Waals surface area contributed by atoms with E-state index in [1.807, 2.05) is 67.6 Å². The molecule has 0 N–H and O–H groups in total. The first kappa shape index (κ1) is 23.1. The van der Waals surface area contributed by atoms with Crippen LogP contribution in [0.2, 0.25) is 0 Å². The average molecular weight is 447 g/mol. The number of ether oxygens (including phenoxy) is 3. The molecule has 0 bridgehead atoms. The van der Waals surface area contributed by atoms with Crippen molar-refractivity contribution in [1.29, 1.82) is 0 Å². The molecule has 0 saturated carbocycles. The van der Waals surface area contributed by atoms with Crippen LogP contribution in [-0.4, -0.2) is 27.1 Å². The van der Waals surface area contributed by atoms with Gasteiger partial charge in [-0.3, -0.25) is 4.79 Å². The third-order valence-corrected chi connectivity index (χ3v) is 5.73. The van der Waals surface area contributed by atoms with E-state index in [0.29, 0.717) is 11.5 Å². The SMILES string of the molecule is COc1ccc(/C=C/c2cc(OC)cc(OC)c2/C=C/C(=O)/C=C/c2ccc(C)s2)cc1. The summed E-state index contributed by atoms with van der Waals surface area (Å²) in [5.41, 5.74) is 2.69. The number of thiophene rings is 1. The third kappa shape index (κ3) is 6.22. The molecule has 1 heterocycles. The highest BCUT2D eigenvalue weighted by Gasteiger charge is 2.09. The summed E-state index contributed by atoms with van der Waals surface area (Å²) in [6.07, 6.45) is 10.7. The Bertz CT molecular complexity index is 1150. The lowest BCUT2D eigenvalue weighted by Gasteiger charge is -2.11. The van der Waals surface area contributed by atoms with E-state index in [9.17, 15) is 4.79 Å². The van der Waals surface area contributed by atoms with Crippen LogP contribution >= 0.6 is 11.3 Å². The summed E-state index contributed by atoms with van der Waals surface area (Å²) in [6.45, 7) is 2.04. The number of methoxy groups -OCH3 is 3. The molecule has 0 unspecified atom stereocenters. The van der Waals surface area contributed by atoms with Gasteiger partial charge in [-0.1, -0.05) is 24.3 Å². The van der Waals surface area contributed by atoms with Crippen LogP contribution in [0.4, 0.5) is 0 Å². The van der Waals surface area contributed by atoms with Gasteiger partial charge in [0.2, 0.25) is 0 Å². The van der Waals surface area contributed by atoms with Crippen LogP contribution in [0, 0.1) is 6.92 Å². The van der Waals surface area contributed by atoms with Crippen molar-refractivity contribution in [3.8, 4) is 17.2 Å². The Labute approximate surface area is 193 Å². The van der Waals surface area contributed by atoms with Crippen LogP contribution in [0.25, 0.3) is 24.3 Å². The normalized spacial score (nSPS) is 11.5. The van der Waals surface area contributed by atoms with Crippen molar-refractivity contribution in [2.24, 2.45) is 0 Å². The molecule has 0 radical (unpaired) electrons. The fraction of sp³-hybridized carbons (Fsp3) is 0.148. The highest BCUT2D eigenvalue weighted by Crippen LogP contribution is 2.31. The van der Waals surface area contributed by atoms with Crippen molar-refractivity contribution < 1.29 is 19.0 Å². The quantitative estimate of drug-likeness (QED) is 0.276. The zero-order valence-electron chi connectivity index (χ0n) is 18.6. The molecule has 0 atom stereocenters. The number of allylic oxidation sites excluding steroid dienone is 2. The van der Waals surface area contributed by atoms with Crippen LogP contribution in [-0.2, 0) is 4.79 Å². The van der Waals surface area contributed by atoms with Crippen LogP contribution < -0.4 is 14.2 Å². The molecule has 0 amide bonds. The van der Waals surface area contributed by atoms with E-state index in [1.165, 1.54) is 4.88 Å². The summed E-state index contributed by atoms with van der Waals surface area (Å²) >= 11 is 1.65. The second kappa shape index (κ2) is 11.2. The van der Waals surface area contributed by atoms with E-state index < -0.39 is 0 Å². The molecular formula is C27H26O4S. The zero-order chi connectivity index (χ0) is 22.9. The molecule has 4 nitrogen and oxygen atoms in total. The molecule has 3 aromatic rings. The van der Waals surface area contributed by atoms with Gasteiger partial charge in [-0.15, -0.1) is 11.3 Å². The Morgan fingerprint density at radius 3 is 2.12 bits per heavy atom. The second-order valence-corrected chi connectivity index (χ2v) is 8.28. The predicted molar refractivity (Wildman–Crippen MR) is 134 cm³/mol. The Morgan fingerprint density at radius 2 is 1.50 bits per heavy atom. The van der Waals surface area contributed by atoms with E-state index >= 15 is 0 Å². The minimum absolute atomic E-state index is 0.0981. The van der Waals surface area contributed by atoms with E-state index in [4.69, 9.17) is 14.2 Å². The summed E-state index contributed by atoms with van der Waals surface area (Å²) in [4.78, 5) is 14.7. The van der Waals surface area contributed by atoms with Gasteiger partial charge in [0.1, 0.15) is 17.2 Å². The van der Waals surface area contributed by atoms with Crippen molar-refractivity contribution in [3.63, 3.8) is 0 Å². The summed E-state index contributed by atoms with van der Waals surface area (Å²) in [7, 11) is 4.86. The van der Waals surface area contributed by atoms with Crippen LogP contribution in [0.15, 0.2) is 60.7 Å². The van der Waals surface area contributed by atoms with E-state index in [-0.39, 0.29) is 5.78 Å². The predicted octanol–water partition coefficient (Wildman–Crippen LogP) is 6.55. The van der Waals surface area contributed by atoms with E-state index in [1.54, 1.807) is 57.0 Å². The van der Waals surface area contributed by atoms with Crippen molar-refractivity contribution in [1.82, 2.24) is 0 Å². The molecule has 3 rings (SSSR count). The fourth-order valence-electron chi connectivity index (χ4n) is 3.05. The third-order valence-electron chi connectivity index (χ3n) is 4.76. The molecule has 32 heavy (non-hydrogen) atoms. The summed E-state index contributed by atoms with van der Waals surface area (Å²) in [6, 6.07) is 15.5. The highest BCUT2D eigenvalue weighted by atomic mass is 32.1. The van der Waals surface area contributed by atoms with Gasteiger partial charge in [-0.2, -0.15) is 0 Å². The van der Waals surface area contributed by atoms with Gasteiger partial charge in [0.25, 0.3) is 0 Å². The smallest absolute Gasteiger partial charge is 0.178 e. The number of aryl methyl sites for hydroxylation is 1. The molecule has 0 aliphatic carbocycles. The minimum Gasteiger partial charge on any atom is -0.497 e. The van der Waals surface area contributed by atoms with Gasteiger partial charge in [0, 0.05) is 21.4 Å². The molecule has 164 valence electrons. The monoisotopic (exact) mass is 446 g/mol. The fourth-order valence-corrected chi connectivity index (χ4v) is 3.83. The summed E-state index contributed by atoms with van der Waals surface area (Å²) in [5, 5.41) is 0. The lowest BCUT2D eigenvalue weighted by Crippen LogP contribution is -1.94. The average Bonchev–Trinajstić information content (AvgIpc) is 3.25. The number of rotatable bonds is 9. The number of ketones is 1. The minimum atomic E-state index is -0.0981. The molecule has 1 aromatic heterocycles. The van der Waals surface area contributed by atoms with Gasteiger partial charge in [-0.25, -0.2) is 0 Å². The number of benzene rings is 2. The number of carbonyl (C=O) groups is 1. The molecule has 0 saturated heterocycles. The van der Waals surface area contributed by atoms with Gasteiger partial charge >= 0.3 is 0 Å². The van der Waals surface area contributed by atoms with Gasteiger partial charge in [0.15, 0.2) is 5.78 Å². The summed E-state index contributed by atoms with van der Waals surface area (Å²) in [5.74, 6) is 2.01. The molecular weight excluding hydrogens is 420 g/mol. The first-order valence-electron chi connectivity index (χ1n) is 10.1. The number of hydrogen-bond donors (Lipinski definition) is 0. The number of hydrogen-bond acceptors (Lipinski definition) is 5. The lowest BCUT2D eigenvalue weighted by molar-refractivity contribution is -0.110. The standard InChI is InChI=1S/C27H26O4S/c1-19-5-14-25(32-19)15-10-22(28)11-16-26-21(17-24(30-3)18-27(26)31-4)9-6-20-7-12-23(29-2)13-8-20/h5-18H,1-4H3/b9-6+,15-10+,16-11+. The van der Waals surface area contributed by atoms with Crippen molar-refractivity contribution in [2.45, 2.75) is 6.92 Å². The highest BCUT2D eigenvalue weighted by molar-refractivity contribution is 7.12. The Kier molecular flexibility index (Phi) is 8.06. The zero-order valence-corrected chi connectivity index (χ0v) is 19.4. The maximum atomic E-state index is 12.4. The van der Waals surface area contributed by atoms with Gasteiger partial charge in [-0.05, 0) is 72.7 Å². The van der Waals surface area contributed by atoms with Crippen LogP contribution in [0.3, 0.4) is 0 Å². The van der Waals surface area contributed by atoms with Gasteiger partial charge < -0.3 is 14.2 Å². The van der Waals surface area contributed by atoms with Crippen molar-refractivity contribution >= 4 is 41.4 Å². The maximum Gasteiger partial charge on any atom is 0.178 e. The number of carbonyl (C=O) groups excluding carboxylic acids is 1. The van der Waals surface area contributed by atoms with Gasteiger partial charge in [0.05, 0.1) is 21.3 Å². The Hall–Kier alpha value is -3.57. The molecule has 2 aromatic carbocycles. The largest absolute Gasteiger partial charge is 0.497 e. The van der Waals surface area contributed by atoms with Crippen LogP contribution in [0.1, 0.15) is 26.4 Å². The topological polar surface area (TPSA) is 44.8 Å². The Balaban J connectivity index is 1.88. The lowest BCUT2D eigenvalue weighted by atomic mass is 10.0. The Morgan fingerprint density at radius 1 is 0.781 bits per heavy atom. The molecule has 0 aliphatic heterocycles. The van der Waals surface area contributed by atoms with E-state index in [2.05, 4.69) is 0 Å². The van der Waals surface area contributed by atoms with Crippen molar-refractivity contribution in [3.05, 3.63) is 87.1 Å². The van der Waals surface area contributed by atoms with Crippen molar-refractivity contribution in [2.75, 3.05) is 21.3 Å². The first-order chi connectivity index (χ1) is 15.5. The first-order valence-corrected chi connectivity index (χ1v) is 10.9. The molecule has 0 fully saturated rings. The van der Waals surface area contributed by atoms with E-state index in [0.717, 1.165) is 27.3 Å².